The molecule has 3 heterocycles. The number of ether oxygens (including phenoxy) is 2. The number of thioether (sulfide) groups is 1. The Bertz CT molecular complexity index is 962. The molecular weight excluding hydrogens is 393 g/mol. The monoisotopic (exact) mass is 412 g/mol. The summed E-state index contributed by atoms with van der Waals surface area (Å²) in [6.07, 6.45) is -0.374. The summed E-state index contributed by atoms with van der Waals surface area (Å²) in [5, 5.41) is 0. The minimum Gasteiger partial charge on any atom is -0.487 e. The van der Waals surface area contributed by atoms with Gasteiger partial charge in [0.05, 0.1) is 12.8 Å². The van der Waals surface area contributed by atoms with Crippen LogP contribution in [0.4, 0.5) is 13.2 Å². The van der Waals surface area contributed by atoms with Gasteiger partial charge in [-0.1, -0.05) is 6.92 Å². The number of fused-ring (bicyclic) bond motifs is 1. The third-order valence-corrected chi connectivity index (χ3v) is 4.66. The van der Waals surface area contributed by atoms with Crippen molar-refractivity contribution in [2.45, 2.75) is 31.0 Å². The number of rotatable bonds is 7. The second-order valence-electron chi connectivity index (χ2n) is 6.00. The Morgan fingerprint density at radius 1 is 1.25 bits per heavy atom. The van der Waals surface area contributed by atoms with Crippen LogP contribution in [0.3, 0.4) is 0 Å². The molecule has 0 aromatic carbocycles. The maximum absolute atomic E-state index is 12.9. The molecule has 6 nitrogen and oxygen atoms in total. The van der Waals surface area contributed by atoms with Crippen LogP contribution in [-0.4, -0.2) is 44.9 Å². The van der Waals surface area contributed by atoms with Crippen molar-refractivity contribution >= 4 is 17.4 Å². The maximum atomic E-state index is 12.9. The van der Waals surface area contributed by atoms with E-state index in [1.807, 2.05) is 19.9 Å². The number of imidazole rings is 1. The standard InChI is InChI=1S/C18H19F3N4O2S/c1-4-28-14-5-12(27-11(2)9-26-3)7-22-17(14)13-8-25-10-23-15(18(19,20)21)6-16(25)24-13/h5-8,10-11H,4,9H2,1-3H3. The van der Waals surface area contributed by atoms with Crippen LogP contribution in [0, 0.1) is 0 Å². The van der Waals surface area contributed by atoms with Crippen molar-refractivity contribution in [2.75, 3.05) is 19.5 Å². The largest absolute Gasteiger partial charge is 0.487 e. The molecule has 3 rings (SSSR count). The average Bonchev–Trinajstić information content (AvgIpc) is 3.04. The van der Waals surface area contributed by atoms with Gasteiger partial charge in [0.15, 0.2) is 0 Å². The highest BCUT2D eigenvalue weighted by molar-refractivity contribution is 7.99. The van der Waals surface area contributed by atoms with E-state index >= 15 is 0 Å². The van der Waals surface area contributed by atoms with Gasteiger partial charge in [-0.15, -0.1) is 11.8 Å². The minimum absolute atomic E-state index is 0.140. The Morgan fingerprint density at radius 3 is 2.71 bits per heavy atom. The number of halogens is 3. The van der Waals surface area contributed by atoms with E-state index in [1.165, 1.54) is 4.40 Å². The van der Waals surface area contributed by atoms with E-state index in [2.05, 4.69) is 15.0 Å². The number of nitrogens with zero attached hydrogens (tertiary/aromatic N) is 4. The number of pyridine rings is 1. The summed E-state index contributed by atoms with van der Waals surface area (Å²) in [4.78, 5) is 13.0. The predicted octanol–water partition coefficient (Wildman–Crippen LogP) is 4.34. The van der Waals surface area contributed by atoms with Crippen molar-refractivity contribution in [1.82, 2.24) is 19.4 Å². The molecule has 28 heavy (non-hydrogen) atoms. The zero-order valence-corrected chi connectivity index (χ0v) is 16.3. The lowest BCUT2D eigenvalue weighted by molar-refractivity contribution is -0.141. The molecule has 10 heteroatoms. The lowest BCUT2D eigenvalue weighted by Gasteiger charge is -2.15. The van der Waals surface area contributed by atoms with E-state index in [-0.39, 0.29) is 11.8 Å². The van der Waals surface area contributed by atoms with Gasteiger partial charge < -0.3 is 9.47 Å². The fraction of sp³-hybridized carbons (Fsp3) is 0.389. The molecule has 0 saturated carbocycles. The van der Waals surface area contributed by atoms with Crippen LogP contribution in [0.1, 0.15) is 19.5 Å². The summed E-state index contributed by atoms with van der Waals surface area (Å²) in [6.45, 7) is 4.33. The summed E-state index contributed by atoms with van der Waals surface area (Å²) in [5.41, 5.74) is 0.217. The molecule has 0 aliphatic heterocycles. The Labute approximate surface area is 164 Å². The molecule has 1 atom stereocenters. The van der Waals surface area contributed by atoms with Crippen LogP contribution >= 0.6 is 11.8 Å². The van der Waals surface area contributed by atoms with Crippen LogP contribution < -0.4 is 4.74 Å². The molecule has 0 bridgehead atoms. The molecule has 3 aromatic heterocycles. The smallest absolute Gasteiger partial charge is 0.433 e. The van der Waals surface area contributed by atoms with E-state index in [9.17, 15) is 13.2 Å². The van der Waals surface area contributed by atoms with Crippen molar-refractivity contribution in [3.63, 3.8) is 0 Å². The second kappa shape index (κ2) is 8.36. The molecule has 0 spiro atoms. The van der Waals surface area contributed by atoms with Crippen molar-refractivity contribution in [3.8, 4) is 17.1 Å². The molecule has 150 valence electrons. The zero-order chi connectivity index (χ0) is 20.3. The Kier molecular flexibility index (Phi) is 6.09. The minimum atomic E-state index is -4.52. The number of hydrogen-bond acceptors (Lipinski definition) is 6. The summed E-state index contributed by atoms with van der Waals surface area (Å²) in [7, 11) is 1.60. The maximum Gasteiger partial charge on any atom is 0.433 e. The second-order valence-corrected chi connectivity index (χ2v) is 7.30. The third-order valence-electron chi connectivity index (χ3n) is 3.75. The summed E-state index contributed by atoms with van der Waals surface area (Å²) >= 11 is 1.55. The van der Waals surface area contributed by atoms with Gasteiger partial charge >= 0.3 is 6.18 Å². The molecule has 0 saturated heterocycles. The van der Waals surface area contributed by atoms with E-state index in [0.717, 1.165) is 23.0 Å². The highest BCUT2D eigenvalue weighted by atomic mass is 32.2. The first kappa shape index (κ1) is 20.4. The van der Waals surface area contributed by atoms with Crippen LogP contribution in [0.15, 0.2) is 35.7 Å². The molecule has 0 radical (unpaired) electrons. The van der Waals surface area contributed by atoms with Crippen LogP contribution in [-0.2, 0) is 10.9 Å². The molecule has 0 aliphatic rings. The zero-order valence-electron chi connectivity index (χ0n) is 15.5. The average molecular weight is 412 g/mol. The first-order valence-electron chi connectivity index (χ1n) is 8.52. The number of hydrogen-bond donors (Lipinski definition) is 0. The molecule has 0 amide bonds. The van der Waals surface area contributed by atoms with Crippen LogP contribution in [0.25, 0.3) is 17.0 Å². The Morgan fingerprint density at radius 2 is 2.04 bits per heavy atom. The van der Waals surface area contributed by atoms with Crippen molar-refractivity contribution < 1.29 is 22.6 Å². The van der Waals surface area contributed by atoms with Gasteiger partial charge in [-0.2, -0.15) is 13.2 Å². The van der Waals surface area contributed by atoms with Gasteiger partial charge in [0, 0.05) is 24.3 Å². The molecule has 0 fully saturated rings. The number of aromatic nitrogens is 4. The normalized spacial score (nSPS) is 13.1. The van der Waals surface area contributed by atoms with E-state index in [0.29, 0.717) is 23.7 Å². The third kappa shape index (κ3) is 4.56. The summed E-state index contributed by atoms with van der Waals surface area (Å²) in [5.74, 6) is 1.38. The van der Waals surface area contributed by atoms with Gasteiger partial charge in [-0.3, -0.25) is 4.40 Å². The molecule has 0 aliphatic carbocycles. The van der Waals surface area contributed by atoms with Gasteiger partial charge in [-0.05, 0) is 18.7 Å². The van der Waals surface area contributed by atoms with E-state index in [1.54, 1.807) is 31.3 Å². The van der Waals surface area contributed by atoms with E-state index < -0.39 is 11.9 Å². The quantitative estimate of drug-likeness (QED) is 0.538. The predicted molar refractivity (Wildman–Crippen MR) is 99.6 cm³/mol. The summed E-state index contributed by atoms with van der Waals surface area (Å²) < 4.78 is 50.9. The SMILES string of the molecule is CCSc1cc(OC(C)COC)cnc1-c1cn2cnc(C(F)(F)F)cc2n1. The van der Waals surface area contributed by atoms with Crippen LogP contribution in [0.2, 0.25) is 0 Å². The number of alkyl halides is 3. The fourth-order valence-corrected chi connectivity index (χ4v) is 3.41. The molecule has 0 N–H and O–H groups in total. The van der Waals surface area contributed by atoms with Gasteiger partial charge in [0.2, 0.25) is 0 Å². The van der Waals surface area contributed by atoms with Gasteiger partial charge in [-0.25, -0.2) is 15.0 Å². The lowest BCUT2D eigenvalue weighted by atomic mass is 10.3. The number of methoxy groups -OCH3 is 1. The first-order valence-corrected chi connectivity index (χ1v) is 9.51. The van der Waals surface area contributed by atoms with Crippen molar-refractivity contribution in [2.24, 2.45) is 0 Å². The highest BCUT2D eigenvalue weighted by Gasteiger charge is 2.33. The Balaban J connectivity index is 1.97. The van der Waals surface area contributed by atoms with Gasteiger partial charge in [0.25, 0.3) is 0 Å². The van der Waals surface area contributed by atoms with Crippen LogP contribution in [0.5, 0.6) is 5.75 Å². The van der Waals surface area contributed by atoms with E-state index in [4.69, 9.17) is 9.47 Å². The molecule has 1 unspecified atom stereocenters. The topological polar surface area (TPSA) is 61.5 Å². The Hall–Kier alpha value is -2.33. The molecule has 3 aromatic rings. The lowest BCUT2D eigenvalue weighted by Crippen LogP contribution is -2.18. The first-order chi connectivity index (χ1) is 13.3. The fourth-order valence-electron chi connectivity index (χ4n) is 2.61. The van der Waals surface area contributed by atoms with Crippen molar-refractivity contribution in [1.29, 1.82) is 0 Å². The highest BCUT2D eigenvalue weighted by Crippen LogP contribution is 2.33. The molecular formula is C18H19F3N4O2S. The summed E-state index contributed by atoms with van der Waals surface area (Å²) in [6, 6.07) is 2.77. The van der Waals surface area contributed by atoms with Crippen molar-refractivity contribution in [3.05, 3.63) is 36.5 Å². The van der Waals surface area contributed by atoms with Gasteiger partial charge in [0.1, 0.15) is 40.9 Å².